The van der Waals surface area contributed by atoms with Crippen molar-refractivity contribution in [2.75, 3.05) is 6.54 Å². The van der Waals surface area contributed by atoms with Crippen molar-refractivity contribution in [1.82, 2.24) is 5.32 Å². The first kappa shape index (κ1) is 11.4. The Morgan fingerprint density at radius 2 is 2.31 bits per heavy atom. The molecule has 1 aromatic rings. The number of rotatable bonds is 3. The summed E-state index contributed by atoms with van der Waals surface area (Å²) < 4.78 is 13.4. The van der Waals surface area contributed by atoms with Crippen molar-refractivity contribution < 1.29 is 9.50 Å². The van der Waals surface area contributed by atoms with Gasteiger partial charge in [-0.2, -0.15) is 0 Å². The van der Waals surface area contributed by atoms with Crippen LogP contribution in [0.2, 0.25) is 0 Å². The maximum atomic E-state index is 13.4. The van der Waals surface area contributed by atoms with Crippen molar-refractivity contribution in [2.24, 2.45) is 0 Å². The third-order valence-corrected chi connectivity index (χ3v) is 3.24. The standard InChI is InChI=1S/C13H18FNO/c1-2-9-6-10(13(16)12(14)7-9)8-11-4-3-5-15-11/h6-7,11,15-16H,2-5,8H2,1H3. The van der Waals surface area contributed by atoms with Crippen LogP contribution in [0.1, 0.15) is 30.9 Å². The first-order valence-corrected chi connectivity index (χ1v) is 5.94. The van der Waals surface area contributed by atoms with E-state index in [1.54, 1.807) is 0 Å². The van der Waals surface area contributed by atoms with Gasteiger partial charge in [-0.05, 0) is 49.4 Å². The molecule has 0 saturated carbocycles. The van der Waals surface area contributed by atoms with E-state index >= 15 is 0 Å². The van der Waals surface area contributed by atoms with Crippen LogP contribution in [0.3, 0.4) is 0 Å². The molecule has 3 heteroatoms. The zero-order valence-corrected chi connectivity index (χ0v) is 9.59. The van der Waals surface area contributed by atoms with Gasteiger partial charge in [0.05, 0.1) is 0 Å². The lowest BCUT2D eigenvalue weighted by Crippen LogP contribution is -2.23. The SMILES string of the molecule is CCc1cc(F)c(O)c(CC2CCCN2)c1. The van der Waals surface area contributed by atoms with Crippen molar-refractivity contribution in [3.05, 3.63) is 29.1 Å². The second-order valence-electron chi connectivity index (χ2n) is 4.44. The molecule has 1 atom stereocenters. The molecule has 88 valence electrons. The summed E-state index contributed by atoms with van der Waals surface area (Å²) >= 11 is 0. The van der Waals surface area contributed by atoms with E-state index in [0.717, 1.165) is 36.9 Å². The molecular weight excluding hydrogens is 205 g/mol. The molecule has 1 heterocycles. The Balaban J connectivity index is 2.20. The zero-order valence-electron chi connectivity index (χ0n) is 9.59. The molecule has 0 aromatic heterocycles. The zero-order chi connectivity index (χ0) is 11.5. The molecule has 2 nitrogen and oxygen atoms in total. The van der Waals surface area contributed by atoms with Gasteiger partial charge in [0, 0.05) is 6.04 Å². The molecule has 16 heavy (non-hydrogen) atoms. The molecule has 0 aliphatic carbocycles. The van der Waals surface area contributed by atoms with Gasteiger partial charge in [-0.15, -0.1) is 0 Å². The van der Waals surface area contributed by atoms with E-state index in [1.165, 1.54) is 12.5 Å². The van der Waals surface area contributed by atoms with Crippen molar-refractivity contribution in [2.45, 2.75) is 38.6 Å². The molecule has 0 amide bonds. The summed E-state index contributed by atoms with van der Waals surface area (Å²) in [6.45, 7) is 3.02. The van der Waals surface area contributed by atoms with Crippen molar-refractivity contribution in [1.29, 1.82) is 0 Å². The Morgan fingerprint density at radius 3 is 2.94 bits per heavy atom. The van der Waals surface area contributed by atoms with E-state index in [1.807, 2.05) is 13.0 Å². The number of aryl methyl sites for hydroxylation is 1. The topological polar surface area (TPSA) is 32.3 Å². The highest BCUT2D eigenvalue weighted by atomic mass is 19.1. The molecule has 1 aliphatic rings. The van der Waals surface area contributed by atoms with Gasteiger partial charge >= 0.3 is 0 Å². The van der Waals surface area contributed by atoms with Gasteiger partial charge in [-0.1, -0.05) is 13.0 Å². The molecule has 2 rings (SSSR count). The van der Waals surface area contributed by atoms with Gasteiger partial charge in [0.2, 0.25) is 0 Å². The van der Waals surface area contributed by atoms with Gasteiger partial charge in [0.25, 0.3) is 0 Å². The van der Waals surface area contributed by atoms with Crippen LogP contribution in [0.25, 0.3) is 0 Å². The number of hydrogen-bond acceptors (Lipinski definition) is 2. The quantitative estimate of drug-likeness (QED) is 0.824. The first-order valence-electron chi connectivity index (χ1n) is 5.94. The number of benzene rings is 1. The molecule has 1 fully saturated rings. The average Bonchev–Trinajstić information content (AvgIpc) is 2.77. The number of phenolic OH excluding ortho intramolecular Hbond substituents is 1. The molecule has 0 radical (unpaired) electrons. The van der Waals surface area contributed by atoms with Gasteiger partial charge in [-0.3, -0.25) is 0 Å². The summed E-state index contributed by atoms with van der Waals surface area (Å²) in [7, 11) is 0. The third kappa shape index (κ3) is 2.35. The average molecular weight is 223 g/mol. The summed E-state index contributed by atoms with van der Waals surface area (Å²) in [4.78, 5) is 0. The fourth-order valence-electron chi connectivity index (χ4n) is 2.27. The predicted molar refractivity (Wildman–Crippen MR) is 62.2 cm³/mol. The molecule has 0 bridgehead atoms. The summed E-state index contributed by atoms with van der Waals surface area (Å²) in [5.41, 5.74) is 1.68. The molecule has 1 unspecified atom stereocenters. The predicted octanol–water partition coefficient (Wildman–Crippen LogP) is 2.39. The van der Waals surface area contributed by atoms with Crippen LogP contribution in [0.4, 0.5) is 4.39 Å². The van der Waals surface area contributed by atoms with Crippen LogP contribution in [0, 0.1) is 5.82 Å². The van der Waals surface area contributed by atoms with Gasteiger partial charge in [0.1, 0.15) is 0 Å². The van der Waals surface area contributed by atoms with Crippen molar-refractivity contribution in [3.63, 3.8) is 0 Å². The normalized spacial score (nSPS) is 20.2. The Hall–Kier alpha value is -1.09. The second-order valence-corrected chi connectivity index (χ2v) is 4.44. The van der Waals surface area contributed by atoms with Gasteiger partial charge < -0.3 is 10.4 Å². The van der Waals surface area contributed by atoms with Crippen LogP contribution in [0.15, 0.2) is 12.1 Å². The minimum Gasteiger partial charge on any atom is -0.505 e. The van der Waals surface area contributed by atoms with Gasteiger partial charge in [-0.25, -0.2) is 4.39 Å². The summed E-state index contributed by atoms with van der Waals surface area (Å²) in [6.07, 6.45) is 3.79. The van der Waals surface area contributed by atoms with Crippen LogP contribution in [0.5, 0.6) is 5.75 Å². The fourth-order valence-corrected chi connectivity index (χ4v) is 2.27. The third-order valence-electron chi connectivity index (χ3n) is 3.24. The molecule has 2 N–H and O–H groups in total. The number of aromatic hydroxyl groups is 1. The van der Waals surface area contributed by atoms with Crippen molar-refractivity contribution in [3.8, 4) is 5.75 Å². The van der Waals surface area contributed by atoms with Crippen LogP contribution in [-0.2, 0) is 12.8 Å². The number of nitrogens with one attached hydrogen (secondary N) is 1. The van der Waals surface area contributed by atoms with E-state index in [2.05, 4.69) is 5.32 Å². The maximum absolute atomic E-state index is 13.4. The largest absolute Gasteiger partial charge is 0.505 e. The van der Waals surface area contributed by atoms with E-state index in [0.29, 0.717) is 6.04 Å². The van der Waals surface area contributed by atoms with E-state index < -0.39 is 5.82 Å². The number of phenols is 1. The number of hydrogen-bond donors (Lipinski definition) is 2. The molecule has 1 aliphatic heterocycles. The Bertz CT molecular complexity index is 372. The van der Waals surface area contributed by atoms with Crippen molar-refractivity contribution >= 4 is 0 Å². The first-order chi connectivity index (χ1) is 7.70. The lowest BCUT2D eigenvalue weighted by Gasteiger charge is -2.13. The highest BCUT2D eigenvalue weighted by molar-refractivity contribution is 5.38. The molecule has 0 spiro atoms. The van der Waals surface area contributed by atoms with Crippen LogP contribution < -0.4 is 5.32 Å². The summed E-state index contributed by atoms with van der Waals surface area (Å²) in [5.74, 6) is -0.668. The van der Waals surface area contributed by atoms with E-state index in [9.17, 15) is 9.50 Å². The lowest BCUT2D eigenvalue weighted by molar-refractivity contribution is 0.421. The Morgan fingerprint density at radius 1 is 1.50 bits per heavy atom. The Labute approximate surface area is 95.5 Å². The second kappa shape index (κ2) is 4.83. The Kier molecular flexibility index (Phi) is 3.44. The van der Waals surface area contributed by atoms with Crippen LogP contribution in [-0.4, -0.2) is 17.7 Å². The van der Waals surface area contributed by atoms with E-state index in [4.69, 9.17) is 0 Å². The molecule has 1 aromatic carbocycles. The van der Waals surface area contributed by atoms with Gasteiger partial charge in [0.15, 0.2) is 11.6 Å². The highest BCUT2D eigenvalue weighted by Crippen LogP contribution is 2.26. The summed E-state index contributed by atoms with van der Waals surface area (Å²) in [6, 6.07) is 3.72. The number of halogens is 1. The fraction of sp³-hybridized carbons (Fsp3) is 0.538. The minimum atomic E-state index is -0.493. The summed E-state index contributed by atoms with van der Waals surface area (Å²) in [5, 5.41) is 13.0. The monoisotopic (exact) mass is 223 g/mol. The lowest BCUT2D eigenvalue weighted by atomic mass is 10.00. The minimum absolute atomic E-state index is 0.175. The molecular formula is C13H18FNO. The smallest absolute Gasteiger partial charge is 0.165 e. The van der Waals surface area contributed by atoms with E-state index in [-0.39, 0.29) is 5.75 Å². The molecule has 1 saturated heterocycles. The maximum Gasteiger partial charge on any atom is 0.165 e. The van der Waals surface area contributed by atoms with Crippen LogP contribution >= 0.6 is 0 Å². The highest BCUT2D eigenvalue weighted by Gasteiger charge is 2.18.